The van der Waals surface area contributed by atoms with Crippen molar-refractivity contribution in [2.75, 3.05) is 0 Å². The van der Waals surface area contributed by atoms with Crippen molar-refractivity contribution >= 4 is 6.08 Å². The predicted octanol–water partition coefficient (Wildman–Crippen LogP) is 3.44. The minimum absolute atomic E-state index is 1.13. The molecule has 0 unspecified atom stereocenters. The summed E-state index contributed by atoms with van der Waals surface area (Å²) in [5, 5.41) is 0. The summed E-state index contributed by atoms with van der Waals surface area (Å²) in [5.74, 6) is 0. The molecule has 0 amide bonds. The first-order valence-electron chi connectivity index (χ1n) is 5.62. The molecule has 2 rings (SSSR count). The maximum absolute atomic E-state index is 2.26. The average Bonchev–Trinajstić information content (AvgIpc) is 2.34. The number of pyridine rings is 1. The van der Waals surface area contributed by atoms with Crippen LogP contribution in [-0.2, 0) is 6.54 Å². The van der Waals surface area contributed by atoms with Crippen LogP contribution in [0.4, 0.5) is 0 Å². The molecule has 1 aromatic rings. The van der Waals surface area contributed by atoms with E-state index in [-0.39, 0.29) is 0 Å². The van der Waals surface area contributed by atoms with Gasteiger partial charge in [-0.3, -0.25) is 0 Å². The van der Waals surface area contributed by atoms with Gasteiger partial charge in [-0.05, 0) is 6.07 Å². The molecule has 2 heterocycles. The van der Waals surface area contributed by atoms with Gasteiger partial charge in [-0.25, -0.2) is 0 Å². The van der Waals surface area contributed by atoms with Gasteiger partial charge in [-0.1, -0.05) is 33.8 Å². The van der Waals surface area contributed by atoms with Crippen LogP contribution in [0.15, 0.2) is 30.5 Å². The van der Waals surface area contributed by atoms with E-state index in [1.54, 1.807) is 0 Å². The summed E-state index contributed by atoms with van der Waals surface area (Å²) in [6, 6.07) is 6.28. The van der Waals surface area contributed by atoms with E-state index in [1.807, 2.05) is 27.7 Å². The van der Waals surface area contributed by atoms with Crippen LogP contribution in [0.2, 0.25) is 0 Å². The Balaban J connectivity index is 0.000000379. The first-order valence-corrected chi connectivity index (χ1v) is 5.62. The van der Waals surface area contributed by atoms with Crippen molar-refractivity contribution < 1.29 is 4.57 Å². The highest BCUT2D eigenvalue weighted by Gasteiger charge is 2.07. The molecule has 0 aliphatic carbocycles. The largest absolute Gasteiger partial charge is 0.204 e. The molecule has 0 aromatic carbocycles. The number of aromatic nitrogens is 1. The number of allylic oxidation sites excluding steroid dienone is 1. The quantitative estimate of drug-likeness (QED) is 0.554. The van der Waals surface area contributed by atoms with Crippen molar-refractivity contribution in [3.05, 3.63) is 36.2 Å². The summed E-state index contributed by atoms with van der Waals surface area (Å²) in [4.78, 5) is 0. The number of fused-ring (bicyclic) bond motifs is 1. The van der Waals surface area contributed by atoms with Gasteiger partial charge in [0, 0.05) is 24.6 Å². The smallest absolute Gasteiger partial charge is 0.199 e. The monoisotopic (exact) mass is 192 g/mol. The summed E-state index contributed by atoms with van der Waals surface area (Å²) in [5.41, 5.74) is 1.31. The number of aryl methyl sites for hydroxylation is 1. The molecule has 0 fully saturated rings. The molecule has 0 atom stereocenters. The molecular weight excluding hydrogens is 170 g/mol. The Morgan fingerprint density at radius 1 is 1.07 bits per heavy atom. The van der Waals surface area contributed by atoms with Crippen LogP contribution in [0.3, 0.4) is 0 Å². The third kappa shape index (κ3) is 3.73. The average molecular weight is 192 g/mol. The lowest BCUT2D eigenvalue weighted by Gasteiger charge is -2.01. The molecule has 78 valence electrons. The van der Waals surface area contributed by atoms with Gasteiger partial charge in [0.05, 0.1) is 0 Å². The standard InChI is InChI=1S/C9H10N.2C2H6/c1-3-7-10-8-4-2-6-9(10)5-1;2*1-2/h1-3,5-7H,4,8H2;2*1-2H3/q+1;;. The second-order valence-corrected chi connectivity index (χ2v) is 2.51. The molecule has 0 spiro atoms. The van der Waals surface area contributed by atoms with E-state index < -0.39 is 0 Å². The van der Waals surface area contributed by atoms with E-state index >= 15 is 0 Å². The van der Waals surface area contributed by atoms with Gasteiger partial charge in [-0.15, -0.1) is 0 Å². The Morgan fingerprint density at radius 3 is 2.43 bits per heavy atom. The van der Waals surface area contributed by atoms with Crippen molar-refractivity contribution in [2.24, 2.45) is 0 Å². The van der Waals surface area contributed by atoms with Crippen LogP contribution in [0, 0.1) is 0 Å². The van der Waals surface area contributed by atoms with Gasteiger partial charge in [0.1, 0.15) is 0 Å². The fourth-order valence-electron chi connectivity index (χ4n) is 1.26. The van der Waals surface area contributed by atoms with E-state index in [4.69, 9.17) is 0 Å². The SMILES string of the molecule is C1=Cc2cccc[n+]2CC1.CC.CC. The molecule has 1 heteroatoms. The fraction of sp³-hybridized carbons (Fsp3) is 0.462. The van der Waals surface area contributed by atoms with Crippen LogP contribution >= 0.6 is 0 Å². The van der Waals surface area contributed by atoms with E-state index in [2.05, 4.69) is 41.1 Å². The van der Waals surface area contributed by atoms with Crippen LogP contribution in [0.1, 0.15) is 39.8 Å². The summed E-state index contributed by atoms with van der Waals surface area (Å²) >= 11 is 0. The van der Waals surface area contributed by atoms with E-state index in [1.165, 1.54) is 12.1 Å². The zero-order valence-electron chi connectivity index (χ0n) is 9.83. The molecule has 0 radical (unpaired) electrons. The summed E-state index contributed by atoms with van der Waals surface area (Å²) < 4.78 is 2.26. The molecule has 1 nitrogen and oxygen atoms in total. The zero-order valence-corrected chi connectivity index (χ0v) is 9.83. The van der Waals surface area contributed by atoms with Gasteiger partial charge in [0.25, 0.3) is 0 Å². The number of hydrogen-bond donors (Lipinski definition) is 0. The van der Waals surface area contributed by atoms with Crippen molar-refractivity contribution in [1.29, 1.82) is 0 Å². The van der Waals surface area contributed by atoms with Crippen LogP contribution < -0.4 is 4.57 Å². The zero-order chi connectivity index (χ0) is 10.8. The predicted molar refractivity (Wildman–Crippen MR) is 63.0 cm³/mol. The maximum atomic E-state index is 2.26. The van der Waals surface area contributed by atoms with Crippen molar-refractivity contribution in [3.63, 3.8) is 0 Å². The van der Waals surface area contributed by atoms with E-state index in [0.29, 0.717) is 0 Å². The summed E-state index contributed by atoms with van der Waals surface area (Å²) in [6.45, 7) is 9.13. The van der Waals surface area contributed by atoms with Gasteiger partial charge in [0.2, 0.25) is 5.69 Å². The lowest BCUT2D eigenvalue weighted by molar-refractivity contribution is -0.699. The third-order valence-corrected chi connectivity index (χ3v) is 1.80. The highest BCUT2D eigenvalue weighted by molar-refractivity contribution is 5.41. The second kappa shape index (κ2) is 8.49. The Labute approximate surface area is 88.1 Å². The summed E-state index contributed by atoms with van der Waals surface area (Å²) in [6.07, 6.45) is 7.68. The molecule has 14 heavy (non-hydrogen) atoms. The van der Waals surface area contributed by atoms with Crippen molar-refractivity contribution in [3.8, 4) is 0 Å². The third-order valence-electron chi connectivity index (χ3n) is 1.80. The molecule has 1 aromatic heterocycles. The van der Waals surface area contributed by atoms with Gasteiger partial charge >= 0.3 is 0 Å². The molecule has 0 saturated carbocycles. The maximum Gasteiger partial charge on any atom is 0.204 e. The molecule has 1 aliphatic heterocycles. The molecule has 0 N–H and O–H groups in total. The van der Waals surface area contributed by atoms with Crippen molar-refractivity contribution in [2.45, 2.75) is 40.7 Å². The lowest BCUT2D eigenvalue weighted by atomic mass is 10.2. The topological polar surface area (TPSA) is 3.88 Å². The minimum atomic E-state index is 1.13. The van der Waals surface area contributed by atoms with Crippen LogP contribution in [0.25, 0.3) is 6.08 Å². The fourth-order valence-corrected chi connectivity index (χ4v) is 1.26. The van der Waals surface area contributed by atoms with Crippen LogP contribution in [-0.4, -0.2) is 0 Å². The molecular formula is C13H22N+. The Morgan fingerprint density at radius 2 is 1.79 bits per heavy atom. The van der Waals surface area contributed by atoms with Crippen molar-refractivity contribution in [1.82, 2.24) is 0 Å². The summed E-state index contributed by atoms with van der Waals surface area (Å²) in [7, 11) is 0. The lowest BCUT2D eigenvalue weighted by Crippen LogP contribution is -2.37. The molecule has 0 bridgehead atoms. The van der Waals surface area contributed by atoms with E-state index in [9.17, 15) is 0 Å². The minimum Gasteiger partial charge on any atom is -0.199 e. The number of nitrogens with zero attached hydrogens (tertiary/aromatic N) is 1. The van der Waals surface area contributed by atoms with Gasteiger partial charge in [-0.2, -0.15) is 4.57 Å². The first kappa shape index (κ1) is 12.9. The highest BCUT2D eigenvalue weighted by Crippen LogP contribution is 2.01. The molecule has 1 aliphatic rings. The first-order chi connectivity index (χ1) is 6.97. The number of hydrogen-bond acceptors (Lipinski definition) is 0. The van der Waals surface area contributed by atoms with E-state index in [0.717, 1.165) is 6.54 Å². The second-order valence-electron chi connectivity index (χ2n) is 2.51. The highest BCUT2D eigenvalue weighted by atomic mass is 15.0. The normalized spacial score (nSPS) is 11.4. The number of rotatable bonds is 0. The Kier molecular flexibility index (Phi) is 7.81. The Bertz CT molecular complexity index is 264. The molecule has 0 saturated heterocycles. The van der Waals surface area contributed by atoms with Gasteiger partial charge in [0.15, 0.2) is 12.7 Å². The van der Waals surface area contributed by atoms with Crippen LogP contribution in [0.5, 0.6) is 0 Å². The Hall–Kier alpha value is -1.11. The van der Waals surface area contributed by atoms with Gasteiger partial charge < -0.3 is 0 Å².